The third-order valence-electron chi connectivity index (χ3n) is 8.28. The van der Waals surface area contributed by atoms with Crippen molar-refractivity contribution in [1.82, 2.24) is 25.8 Å². The molecule has 272 valence electrons. The van der Waals surface area contributed by atoms with Crippen LogP contribution in [0.1, 0.15) is 79.2 Å². The number of nitrogens with zero attached hydrogens (tertiary/aromatic N) is 4. The van der Waals surface area contributed by atoms with E-state index in [0.29, 0.717) is 12.8 Å². The van der Waals surface area contributed by atoms with Gasteiger partial charge in [0.25, 0.3) is 0 Å². The number of para-hydroxylation sites is 1. The summed E-state index contributed by atoms with van der Waals surface area (Å²) >= 11 is 0. The van der Waals surface area contributed by atoms with Gasteiger partial charge in [0.15, 0.2) is 0 Å². The maximum atomic E-state index is 14.0. The molecule has 0 unspecified atom stereocenters. The van der Waals surface area contributed by atoms with Gasteiger partial charge in [-0.05, 0) is 74.6 Å². The summed E-state index contributed by atoms with van der Waals surface area (Å²) in [5.41, 5.74) is 15.8. The van der Waals surface area contributed by atoms with Crippen LogP contribution in [0.2, 0.25) is 0 Å². The normalized spacial score (nSPS) is 16.9. The first kappa shape index (κ1) is 39.5. The van der Waals surface area contributed by atoms with Gasteiger partial charge in [0, 0.05) is 28.6 Å². The fraction of sp³-hybridized carbons (Fsp3) is 0.588. The molecule has 1 aromatic heterocycles. The van der Waals surface area contributed by atoms with Crippen LogP contribution in [0.5, 0.6) is 0 Å². The largest absolute Gasteiger partial charge is 0.460 e. The second kappa shape index (κ2) is 17.6. The van der Waals surface area contributed by atoms with Gasteiger partial charge in [0.2, 0.25) is 29.5 Å². The van der Waals surface area contributed by atoms with Crippen LogP contribution in [0.4, 0.5) is 0 Å². The predicted octanol–water partition coefficient (Wildman–Crippen LogP) is 2.51. The van der Waals surface area contributed by atoms with E-state index in [0.717, 1.165) is 16.5 Å². The van der Waals surface area contributed by atoms with Gasteiger partial charge in [-0.1, -0.05) is 45.4 Å². The molecule has 0 aliphatic carbocycles. The Morgan fingerprint density at radius 3 is 2.40 bits per heavy atom. The highest BCUT2D eigenvalue weighted by Crippen LogP contribution is 2.22. The molecule has 1 aliphatic heterocycles. The Balaban J connectivity index is 1.78. The number of ether oxygens (including phenoxy) is 1. The average Bonchev–Trinajstić information content (AvgIpc) is 3.69. The van der Waals surface area contributed by atoms with E-state index in [9.17, 15) is 28.8 Å². The van der Waals surface area contributed by atoms with E-state index in [-0.39, 0.29) is 25.8 Å². The number of fused-ring (bicyclic) bond motifs is 1. The summed E-state index contributed by atoms with van der Waals surface area (Å²) in [4.78, 5) is 86.4. The highest BCUT2D eigenvalue weighted by Gasteiger charge is 2.41. The maximum Gasteiger partial charge on any atom is 0.308 e. The standard InChI is InChI=1S/C34H49N9O7/c1-7-11-24(30(46)41-42-36)38-32(48)28(19(2)3)40-31(47)26-14-10-15-43(26)33(49)25(17-27(44)50-34(4,5)6)39-29(45)22(35)16-20-18-37-23-13-9-8-12-21(20)23/h8-9,12-13,18-19,22,24-26,28,37H,7,10-11,14-17,35H2,1-6H3,(H,38,48)(H,39,45)(H,40,47)/t22-,24+,25-,26+,28-/m1/s1. The SMILES string of the molecule is CCC[C@H](NC(=O)[C@H](NC(=O)[C@@H]1CCCN1C(=O)[C@@H](CC(=O)OC(C)(C)C)NC(=O)[C@H](N)Cc1c[nH]c2ccccc12)C(C)C)C(=O)N=[N+]=[N-]. The highest BCUT2D eigenvalue weighted by atomic mass is 16.6. The summed E-state index contributed by atoms with van der Waals surface area (Å²) in [7, 11) is 0. The van der Waals surface area contributed by atoms with Gasteiger partial charge in [0.05, 0.1) is 18.5 Å². The van der Waals surface area contributed by atoms with E-state index in [1.807, 2.05) is 24.3 Å². The molecule has 1 aliphatic rings. The van der Waals surface area contributed by atoms with E-state index < -0.39 is 83.7 Å². The Morgan fingerprint density at radius 1 is 1.08 bits per heavy atom. The number of hydrogen-bond donors (Lipinski definition) is 5. The molecule has 3 rings (SSSR count). The van der Waals surface area contributed by atoms with E-state index in [4.69, 9.17) is 16.0 Å². The molecule has 16 nitrogen and oxygen atoms in total. The van der Waals surface area contributed by atoms with Crippen LogP contribution in [0, 0.1) is 5.92 Å². The molecule has 50 heavy (non-hydrogen) atoms. The van der Waals surface area contributed by atoms with Crippen LogP contribution in [0.15, 0.2) is 35.6 Å². The van der Waals surface area contributed by atoms with Crippen molar-refractivity contribution in [1.29, 1.82) is 0 Å². The van der Waals surface area contributed by atoms with Crippen LogP contribution in [-0.2, 0) is 39.9 Å². The number of carbonyl (C=O) groups excluding carboxylic acids is 6. The van der Waals surface area contributed by atoms with Crippen molar-refractivity contribution in [3.05, 3.63) is 46.5 Å². The number of rotatable bonds is 15. The lowest BCUT2D eigenvalue weighted by atomic mass is 10.0. The van der Waals surface area contributed by atoms with E-state index in [2.05, 4.69) is 31.0 Å². The first-order valence-electron chi connectivity index (χ1n) is 16.9. The monoisotopic (exact) mass is 695 g/mol. The number of H-pyrrole nitrogens is 1. The van der Waals surface area contributed by atoms with Crippen LogP contribution in [0.3, 0.4) is 0 Å². The number of benzene rings is 1. The van der Waals surface area contributed by atoms with Gasteiger partial charge < -0.3 is 36.3 Å². The molecule has 0 spiro atoms. The lowest BCUT2D eigenvalue weighted by Crippen LogP contribution is -2.59. The lowest BCUT2D eigenvalue weighted by molar-refractivity contribution is -0.157. The summed E-state index contributed by atoms with van der Waals surface area (Å²) < 4.78 is 5.45. The minimum atomic E-state index is -1.38. The minimum absolute atomic E-state index is 0.157. The summed E-state index contributed by atoms with van der Waals surface area (Å²) in [5.74, 6) is -4.59. The minimum Gasteiger partial charge on any atom is -0.460 e. The maximum absolute atomic E-state index is 14.0. The fourth-order valence-electron chi connectivity index (χ4n) is 5.87. The van der Waals surface area contributed by atoms with Gasteiger partial charge >= 0.3 is 5.97 Å². The molecule has 0 bridgehead atoms. The van der Waals surface area contributed by atoms with Crippen LogP contribution in [0.25, 0.3) is 21.3 Å². The molecule has 6 N–H and O–H groups in total. The zero-order valence-electron chi connectivity index (χ0n) is 29.5. The number of aromatic nitrogens is 1. The lowest BCUT2D eigenvalue weighted by Gasteiger charge is -2.31. The molecule has 16 heteroatoms. The van der Waals surface area contributed by atoms with Crippen molar-refractivity contribution < 1.29 is 33.5 Å². The smallest absolute Gasteiger partial charge is 0.308 e. The highest BCUT2D eigenvalue weighted by molar-refractivity contribution is 5.97. The van der Waals surface area contributed by atoms with E-state index in [1.54, 1.807) is 47.7 Å². The Kier molecular flexibility index (Phi) is 13.9. The number of hydrogen-bond acceptors (Lipinski definition) is 8. The summed E-state index contributed by atoms with van der Waals surface area (Å²) in [6, 6.07) is 1.95. The van der Waals surface area contributed by atoms with Gasteiger partial charge in [-0.25, -0.2) is 0 Å². The molecule has 5 amide bonds. The molecular weight excluding hydrogens is 646 g/mol. The molecule has 1 saturated heterocycles. The fourth-order valence-corrected chi connectivity index (χ4v) is 5.87. The number of carbonyl (C=O) groups is 6. The number of likely N-dealkylation sites (tertiary alicyclic amines) is 1. The second-order valence-corrected chi connectivity index (χ2v) is 13.8. The van der Waals surface area contributed by atoms with Crippen molar-refractivity contribution in [2.75, 3.05) is 6.54 Å². The van der Waals surface area contributed by atoms with Crippen molar-refractivity contribution >= 4 is 46.4 Å². The van der Waals surface area contributed by atoms with E-state index in [1.165, 1.54) is 4.90 Å². The van der Waals surface area contributed by atoms with Crippen molar-refractivity contribution in [2.45, 2.75) is 116 Å². The Labute approximate surface area is 291 Å². The van der Waals surface area contributed by atoms with Gasteiger partial charge in [-0.15, -0.1) is 0 Å². The number of esters is 1. The van der Waals surface area contributed by atoms with Crippen molar-refractivity contribution in [2.24, 2.45) is 16.8 Å². The van der Waals surface area contributed by atoms with Crippen LogP contribution < -0.4 is 21.7 Å². The number of azide groups is 1. The predicted molar refractivity (Wildman–Crippen MR) is 185 cm³/mol. The number of aromatic amines is 1. The first-order valence-corrected chi connectivity index (χ1v) is 16.9. The first-order chi connectivity index (χ1) is 23.6. The Morgan fingerprint density at radius 2 is 1.76 bits per heavy atom. The molecule has 2 aromatic rings. The van der Waals surface area contributed by atoms with Crippen LogP contribution >= 0.6 is 0 Å². The Hall–Kier alpha value is -4.95. The quantitative estimate of drug-likeness (QED) is 0.0800. The zero-order chi connectivity index (χ0) is 37.2. The number of nitrogens with two attached hydrogens (primary N) is 1. The van der Waals surface area contributed by atoms with E-state index >= 15 is 0 Å². The third kappa shape index (κ3) is 10.8. The van der Waals surface area contributed by atoms with Gasteiger partial charge in [-0.2, -0.15) is 0 Å². The molecule has 1 aromatic carbocycles. The number of nitrogens with one attached hydrogen (secondary N) is 4. The summed E-state index contributed by atoms with van der Waals surface area (Å²) in [5, 5.41) is 11.9. The Bertz CT molecular complexity index is 1610. The molecular formula is C34H49N9O7. The molecule has 5 atom stereocenters. The zero-order valence-corrected chi connectivity index (χ0v) is 29.5. The summed E-state index contributed by atoms with van der Waals surface area (Å²) in [6.45, 7) is 10.4. The van der Waals surface area contributed by atoms with Crippen molar-refractivity contribution in [3.8, 4) is 0 Å². The second-order valence-electron chi connectivity index (χ2n) is 13.8. The van der Waals surface area contributed by atoms with Crippen LogP contribution in [-0.4, -0.2) is 87.7 Å². The molecule has 1 fully saturated rings. The molecule has 2 heterocycles. The molecule has 0 radical (unpaired) electrons. The summed E-state index contributed by atoms with van der Waals surface area (Å²) in [6.07, 6.45) is 2.89. The topological polar surface area (TPSA) is 242 Å². The van der Waals surface area contributed by atoms with Crippen molar-refractivity contribution in [3.63, 3.8) is 0 Å². The van der Waals surface area contributed by atoms with Gasteiger partial charge in [0.1, 0.15) is 23.7 Å². The third-order valence-corrected chi connectivity index (χ3v) is 8.28. The average molecular weight is 696 g/mol. The van der Waals surface area contributed by atoms with Gasteiger partial charge in [-0.3, -0.25) is 28.8 Å². The number of amides is 5. The molecule has 0 saturated carbocycles.